The largest absolute Gasteiger partial charge is 0.460 e. The molecule has 0 spiro atoms. The summed E-state index contributed by atoms with van der Waals surface area (Å²) in [5.74, 6) is -0.171. The molecule has 3 nitrogen and oxygen atoms in total. The number of rotatable bonds is 2. The van der Waals surface area contributed by atoms with Crippen molar-refractivity contribution in [1.29, 1.82) is 0 Å². The van der Waals surface area contributed by atoms with Crippen LogP contribution in [0.3, 0.4) is 0 Å². The third kappa shape index (κ3) is 1.14. The van der Waals surface area contributed by atoms with Crippen LogP contribution in [-0.4, -0.2) is 24.3 Å². The van der Waals surface area contributed by atoms with Crippen molar-refractivity contribution in [3.63, 3.8) is 0 Å². The molecule has 0 aromatic rings. The fraction of sp³-hybridized carbons (Fsp3) is 0.857. The normalized spacial score (nSPS) is 37.3. The molecule has 0 N–H and O–H groups in total. The first-order valence-corrected chi connectivity index (χ1v) is 3.63. The number of esters is 1. The maximum absolute atomic E-state index is 10.9. The maximum Gasteiger partial charge on any atom is 0.338 e. The third-order valence-electron chi connectivity index (χ3n) is 1.75. The van der Waals surface area contributed by atoms with Crippen molar-refractivity contribution in [2.45, 2.75) is 38.1 Å². The number of hydrogen-bond acceptors (Lipinski definition) is 3. The van der Waals surface area contributed by atoms with E-state index in [1.54, 1.807) is 0 Å². The van der Waals surface area contributed by atoms with Gasteiger partial charge in [-0.1, -0.05) is 0 Å². The number of carbonyl (C=O) groups is 1. The Labute approximate surface area is 59.3 Å². The van der Waals surface area contributed by atoms with E-state index in [9.17, 15) is 4.79 Å². The van der Waals surface area contributed by atoms with Gasteiger partial charge < -0.3 is 9.47 Å². The average molecular weight is 142 g/mol. The number of ether oxygens (including phenoxy) is 2. The van der Waals surface area contributed by atoms with Crippen LogP contribution in [-0.2, 0) is 14.3 Å². The molecular weight excluding hydrogens is 132 g/mol. The van der Waals surface area contributed by atoms with Gasteiger partial charge in [0.05, 0.1) is 6.10 Å². The van der Waals surface area contributed by atoms with Gasteiger partial charge in [-0.15, -0.1) is 0 Å². The zero-order valence-electron chi connectivity index (χ0n) is 5.87. The minimum Gasteiger partial charge on any atom is -0.460 e. The van der Waals surface area contributed by atoms with Gasteiger partial charge in [0.1, 0.15) is 6.10 Å². The summed E-state index contributed by atoms with van der Waals surface area (Å²) in [6.07, 6.45) is 2.12. The Hall–Kier alpha value is -0.570. The van der Waals surface area contributed by atoms with Gasteiger partial charge in [0.2, 0.25) is 0 Å². The number of hydrogen-bond donors (Lipinski definition) is 0. The molecular formula is C7H10O3. The summed E-state index contributed by atoms with van der Waals surface area (Å²) in [4.78, 5) is 10.9. The van der Waals surface area contributed by atoms with Crippen molar-refractivity contribution < 1.29 is 14.3 Å². The van der Waals surface area contributed by atoms with Gasteiger partial charge in [-0.25, -0.2) is 4.79 Å². The molecule has 1 aliphatic carbocycles. The summed E-state index contributed by atoms with van der Waals surface area (Å²) in [6.45, 7) is 1.87. The van der Waals surface area contributed by atoms with Crippen LogP contribution < -0.4 is 0 Å². The lowest BCUT2D eigenvalue weighted by Gasteiger charge is -1.96. The predicted octanol–water partition coefficient (Wildman–Crippen LogP) is 0.479. The van der Waals surface area contributed by atoms with E-state index in [-0.39, 0.29) is 24.3 Å². The van der Waals surface area contributed by atoms with Gasteiger partial charge in [0.15, 0.2) is 6.10 Å². The molecule has 1 saturated carbocycles. The molecule has 1 saturated heterocycles. The van der Waals surface area contributed by atoms with Gasteiger partial charge in [-0.3, -0.25) is 0 Å². The van der Waals surface area contributed by atoms with Crippen LogP contribution >= 0.6 is 0 Å². The minimum absolute atomic E-state index is 0.0891. The highest BCUT2D eigenvalue weighted by molar-refractivity contribution is 5.78. The van der Waals surface area contributed by atoms with Crippen molar-refractivity contribution in [3.05, 3.63) is 0 Å². The molecule has 1 heterocycles. The summed E-state index contributed by atoms with van der Waals surface area (Å²) in [7, 11) is 0. The predicted molar refractivity (Wildman–Crippen MR) is 33.4 cm³/mol. The van der Waals surface area contributed by atoms with E-state index in [2.05, 4.69) is 0 Å². The molecule has 0 radical (unpaired) electrons. The quantitative estimate of drug-likeness (QED) is 0.416. The van der Waals surface area contributed by atoms with Gasteiger partial charge in [0.25, 0.3) is 0 Å². The SMILES string of the molecule is C[C@H]1O[C@H]1C(=O)OC1CC1. The molecule has 1 aliphatic heterocycles. The van der Waals surface area contributed by atoms with Gasteiger partial charge in [-0.05, 0) is 19.8 Å². The van der Waals surface area contributed by atoms with Crippen LogP contribution in [0.5, 0.6) is 0 Å². The molecule has 2 atom stereocenters. The van der Waals surface area contributed by atoms with Crippen molar-refractivity contribution in [3.8, 4) is 0 Å². The molecule has 2 fully saturated rings. The second kappa shape index (κ2) is 1.95. The topological polar surface area (TPSA) is 38.8 Å². The Bertz CT molecular complexity index is 162. The van der Waals surface area contributed by atoms with E-state index in [0.29, 0.717) is 0 Å². The Balaban J connectivity index is 1.76. The summed E-state index contributed by atoms with van der Waals surface area (Å²) in [6, 6.07) is 0. The highest BCUT2D eigenvalue weighted by Gasteiger charge is 2.44. The molecule has 0 unspecified atom stereocenters. The molecule has 0 aromatic heterocycles. The minimum atomic E-state index is -0.249. The fourth-order valence-corrected chi connectivity index (χ4v) is 0.850. The summed E-state index contributed by atoms with van der Waals surface area (Å²) in [5, 5.41) is 0. The molecule has 2 rings (SSSR count). The van der Waals surface area contributed by atoms with E-state index in [1.165, 1.54) is 0 Å². The third-order valence-corrected chi connectivity index (χ3v) is 1.75. The Morgan fingerprint density at radius 1 is 1.60 bits per heavy atom. The zero-order chi connectivity index (χ0) is 7.14. The van der Waals surface area contributed by atoms with Crippen LogP contribution in [0, 0.1) is 0 Å². The van der Waals surface area contributed by atoms with Crippen molar-refractivity contribution in [2.75, 3.05) is 0 Å². The summed E-state index contributed by atoms with van der Waals surface area (Å²) >= 11 is 0. The smallest absolute Gasteiger partial charge is 0.338 e. The van der Waals surface area contributed by atoms with Gasteiger partial charge in [-0.2, -0.15) is 0 Å². The van der Waals surface area contributed by atoms with E-state index in [4.69, 9.17) is 9.47 Å². The van der Waals surface area contributed by atoms with Crippen molar-refractivity contribution in [2.24, 2.45) is 0 Å². The Morgan fingerprint density at radius 3 is 2.60 bits per heavy atom. The summed E-state index contributed by atoms with van der Waals surface area (Å²) in [5.41, 5.74) is 0. The van der Waals surface area contributed by atoms with Crippen molar-refractivity contribution in [1.82, 2.24) is 0 Å². The molecule has 56 valence electrons. The van der Waals surface area contributed by atoms with E-state index >= 15 is 0 Å². The first kappa shape index (κ1) is 6.16. The standard InChI is InChI=1S/C7H10O3/c1-4-6(9-4)7(8)10-5-2-3-5/h4-6H,2-3H2,1H3/t4-,6-/m1/s1. The van der Waals surface area contributed by atoms with Crippen molar-refractivity contribution >= 4 is 5.97 Å². The van der Waals surface area contributed by atoms with Crippen LogP contribution in [0.25, 0.3) is 0 Å². The maximum atomic E-state index is 10.9. The van der Waals surface area contributed by atoms with E-state index in [0.717, 1.165) is 12.8 Å². The Morgan fingerprint density at radius 2 is 2.20 bits per heavy atom. The number of carbonyl (C=O) groups excluding carboxylic acids is 1. The fourth-order valence-electron chi connectivity index (χ4n) is 0.850. The van der Waals surface area contributed by atoms with Crippen LogP contribution in [0.1, 0.15) is 19.8 Å². The Kier molecular flexibility index (Phi) is 1.20. The first-order chi connectivity index (χ1) is 4.77. The first-order valence-electron chi connectivity index (χ1n) is 3.63. The highest BCUT2D eigenvalue weighted by Crippen LogP contribution is 2.28. The van der Waals surface area contributed by atoms with Gasteiger partial charge >= 0.3 is 5.97 Å². The molecule has 10 heavy (non-hydrogen) atoms. The van der Waals surface area contributed by atoms with E-state index in [1.807, 2.05) is 6.92 Å². The van der Waals surface area contributed by atoms with E-state index < -0.39 is 0 Å². The van der Waals surface area contributed by atoms with Crippen LogP contribution in [0.15, 0.2) is 0 Å². The second-order valence-electron chi connectivity index (χ2n) is 2.90. The zero-order valence-corrected chi connectivity index (χ0v) is 5.87. The second-order valence-corrected chi connectivity index (χ2v) is 2.90. The molecule has 0 amide bonds. The lowest BCUT2D eigenvalue weighted by atomic mass is 10.3. The lowest BCUT2D eigenvalue weighted by Crippen LogP contribution is -2.14. The summed E-state index contributed by atoms with van der Waals surface area (Å²) < 4.78 is 9.92. The lowest BCUT2D eigenvalue weighted by molar-refractivity contribution is -0.146. The highest BCUT2D eigenvalue weighted by atomic mass is 16.6. The monoisotopic (exact) mass is 142 g/mol. The molecule has 3 heteroatoms. The molecule has 0 aromatic carbocycles. The van der Waals surface area contributed by atoms with Gasteiger partial charge in [0, 0.05) is 0 Å². The molecule has 0 bridgehead atoms. The molecule has 2 aliphatic rings. The number of epoxide rings is 1. The van der Waals surface area contributed by atoms with Crippen LogP contribution in [0.2, 0.25) is 0 Å². The van der Waals surface area contributed by atoms with Crippen LogP contribution in [0.4, 0.5) is 0 Å². The average Bonchev–Trinajstić information content (AvgIpc) is 2.66.